The summed E-state index contributed by atoms with van der Waals surface area (Å²) in [6, 6.07) is 7.91. The zero-order valence-electron chi connectivity index (χ0n) is 12.6. The molecule has 4 heteroatoms. The molecular formula is C16H23NO3. The van der Waals surface area contributed by atoms with Crippen molar-refractivity contribution in [3.8, 4) is 0 Å². The first-order chi connectivity index (χ1) is 9.19. The normalized spacial score (nSPS) is 12.8. The van der Waals surface area contributed by atoms with Gasteiger partial charge in [-0.2, -0.15) is 0 Å². The quantitative estimate of drug-likeness (QED) is 0.839. The molecule has 0 aliphatic rings. The van der Waals surface area contributed by atoms with Gasteiger partial charge in [0.25, 0.3) is 0 Å². The Morgan fingerprint density at radius 2 is 1.75 bits per heavy atom. The van der Waals surface area contributed by atoms with Gasteiger partial charge in [-0.3, -0.25) is 9.59 Å². The van der Waals surface area contributed by atoms with Crippen LogP contribution in [-0.4, -0.2) is 17.0 Å². The summed E-state index contributed by atoms with van der Waals surface area (Å²) >= 11 is 0. The van der Waals surface area contributed by atoms with Crippen LogP contribution >= 0.6 is 0 Å². The summed E-state index contributed by atoms with van der Waals surface area (Å²) in [4.78, 5) is 22.7. The minimum absolute atomic E-state index is 0.0146. The van der Waals surface area contributed by atoms with Crippen molar-refractivity contribution in [2.24, 2.45) is 5.41 Å². The summed E-state index contributed by atoms with van der Waals surface area (Å²) in [5.74, 6) is -1.00. The maximum Gasteiger partial charge on any atom is 0.303 e. The molecule has 0 heterocycles. The maximum atomic E-state index is 12.0. The van der Waals surface area contributed by atoms with E-state index in [2.05, 4.69) is 5.32 Å². The van der Waals surface area contributed by atoms with E-state index in [1.54, 1.807) is 13.8 Å². The van der Waals surface area contributed by atoms with Crippen LogP contribution in [0.4, 0.5) is 0 Å². The topological polar surface area (TPSA) is 66.4 Å². The van der Waals surface area contributed by atoms with Crippen LogP contribution in [0.3, 0.4) is 0 Å². The van der Waals surface area contributed by atoms with Crippen LogP contribution in [0.2, 0.25) is 0 Å². The second-order valence-electron chi connectivity index (χ2n) is 6.11. The van der Waals surface area contributed by atoms with E-state index >= 15 is 0 Å². The lowest BCUT2D eigenvalue weighted by atomic mass is 9.85. The number of aryl methyl sites for hydroxylation is 1. The van der Waals surface area contributed by atoms with Gasteiger partial charge in [0.05, 0.1) is 12.5 Å². The molecule has 1 aromatic rings. The predicted molar refractivity (Wildman–Crippen MR) is 78.4 cm³/mol. The molecule has 0 aromatic heterocycles. The molecular weight excluding hydrogens is 254 g/mol. The van der Waals surface area contributed by atoms with E-state index in [9.17, 15) is 9.59 Å². The molecule has 0 aliphatic heterocycles. The molecule has 0 radical (unpaired) electrons. The number of carboxylic acids is 1. The lowest BCUT2D eigenvalue weighted by molar-refractivity contribution is -0.139. The number of aliphatic carboxylic acids is 1. The number of rotatable bonds is 6. The van der Waals surface area contributed by atoms with Crippen LogP contribution in [0.1, 0.15) is 50.8 Å². The molecule has 1 aromatic carbocycles. The molecule has 0 saturated carbocycles. The molecule has 110 valence electrons. The Kier molecular flexibility index (Phi) is 5.31. The van der Waals surface area contributed by atoms with Crippen molar-refractivity contribution in [1.29, 1.82) is 0 Å². The Bertz CT molecular complexity index is 477. The summed E-state index contributed by atoms with van der Waals surface area (Å²) in [5.41, 5.74) is 1.68. The molecule has 1 unspecified atom stereocenters. The summed E-state index contributed by atoms with van der Waals surface area (Å²) < 4.78 is 0. The van der Waals surface area contributed by atoms with Gasteiger partial charge in [0, 0.05) is 6.42 Å². The third-order valence-electron chi connectivity index (χ3n) is 3.22. The summed E-state index contributed by atoms with van der Waals surface area (Å²) in [6.07, 6.45) is 0.189. The van der Waals surface area contributed by atoms with Crippen molar-refractivity contribution < 1.29 is 14.7 Å². The van der Waals surface area contributed by atoms with E-state index in [0.29, 0.717) is 0 Å². The SMILES string of the molecule is Cc1ccc(C(C)NC(=O)CC(C)(C)CC(=O)O)cc1. The molecule has 0 saturated heterocycles. The number of carbonyl (C=O) groups is 2. The Hall–Kier alpha value is -1.84. The second kappa shape index (κ2) is 6.55. The van der Waals surface area contributed by atoms with Gasteiger partial charge in [0.15, 0.2) is 0 Å². The van der Waals surface area contributed by atoms with E-state index in [1.165, 1.54) is 5.56 Å². The average Bonchev–Trinajstić information content (AvgIpc) is 2.26. The fourth-order valence-electron chi connectivity index (χ4n) is 2.14. The van der Waals surface area contributed by atoms with Crippen LogP contribution in [0.5, 0.6) is 0 Å². The molecule has 1 rings (SSSR count). The van der Waals surface area contributed by atoms with Gasteiger partial charge in [0.2, 0.25) is 5.91 Å². The van der Waals surface area contributed by atoms with Crippen molar-refractivity contribution in [2.75, 3.05) is 0 Å². The van der Waals surface area contributed by atoms with Gasteiger partial charge in [-0.05, 0) is 24.8 Å². The third kappa shape index (κ3) is 5.43. The lowest BCUT2D eigenvalue weighted by Gasteiger charge is -2.23. The first-order valence-electron chi connectivity index (χ1n) is 6.77. The number of benzene rings is 1. The summed E-state index contributed by atoms with van der Waals surface area (Å²) in [6.45, 7) is 7.52. The fraction of sp³-hybridized carbons (Fsp3) is 0.500. The molecule has 0 spiro atoms. The molecule has 0 fully saturated rings. The number of nitrogens with one attached hydrogen (secondary N) is 1. The molecule has 20 heavy (non-hydrogen) atoms. The van der Waals surface area contributed by atoms with Gasteiger partial charge < -0.3 is 10.4 Å². The standard InChI is InChI=1S/C16H23NO3/c1-11-5-7-13(8-6-11)12(2)17-14(18)9-16(3,4)10-15(19)20/h5-8,12H,9-10H2,1-4H3,(H,17,18)(H,19,20). The molecule has 4 nitrogen and oxygen atoms in total. The minimum Gasteiger partial charge on any atom is -0.481 e. The number of hydrogen-bond acceptors (Lipinski definition) is 2. The molecule has 2 N–H and O–H groups in total. The van der Waals surface area contributed by atoms with Gasteiger partial charge in [0.1, 0.15) is 0 Å². The van der Waals surface area contributed by atoms with Crippen LogP contribution in [0.15, 0.2) is 24.3 Å². The van der Waals surface area contributed by atoms with E-state index in [4.69, 9.17) is 5.11 Å². The fourth-order valence-corrected chi connectivity index (χ4v) is 2.14. The highest BCUT2D eigenvalue weighted by molar-refractivity contribution is 5.78. The largest absolute Gasteiger partial charge is 0.481 e. The first kappa shape index (κ1) is 16.2. The highest BCUT2D eigenvalue weighted by atomic mass is 16.4. The van der Waals surface area contributed by atoms with Crippen LogP contribution in [-0.2, 0) is 9.59 Å². The van der Waals surface area contributed by atoms with Crippen LogP contribution in [0, 0.1) is 12.3 Å². The Balaban J connectivity index is 2.57. The smallest absolute Gasteiger partial charge is 0.303 e. The minimum atomic E-state index is -0.880. The number of amides is 1. The second-order valence-corrected chi connectivity index (χ2v) is 6.11. The summed E-state index contributed by atoms with van der Waals surface area (Å²) in [5, 5.41) is 11.7. The monoisotopic (exact) mass is 277 g/mol. The number of carboxylic acid groups (broad SMARTS) is 1. The van der Waals surface area contributed by atoms with Gasteiger partial charge >= 0.3 is 5.97 Å². The maximum absolute atomic E-state index is 12.0. The van der Waals surface area contributed by atoms with Gasteiger partial charge in [-0.15, -0.1) is 0 Å². The van der Waals surface area contributed by atoms with Crippen molar-refractivity contribution >= 4 is 11.9 Å². The van der Waals surface area contributed by atoms with Crippen molar-refractivity contribution in [3.05, 3.63) is 35.4 Å². The van der Waals surface area contributed by atoms with E-state index in [1.807, 2.05) is 38.1 Å². The van der Waals surface area contributed by atoms with Gasteiger partial charge in [-0.25, -0.2) is 0 Å². The average molecular weight is 277 g/mol. The zero-order valence-corrected chi connectivity index (χ0v) is 12.6. The highest BCUT2D eigenvalue weighted by Crippen LogP contribution is 2.25. The third-order valence-corrected chi connectivity index (χ3v) is 3.22. The number of hydrogen-bond donors (Lipinski definition) is 2. The highest BCUT2D eigenvalue weighted by Gasteiger charge is 2.25. The van der Waals surface area contributed by atoms with E-state index < -0.39 is 11.4 Å². The Labute approximate surface area is 120 Å². The Morgan fingerprint density at radius 3 is 2.25 bits per heavy atom. The Morgan fingerprint density at radius 1 is 1.20 bits per heavy atom. The van der Waals surface area contributed by atoms with E-state index in [-0.39, 0.29) is 24.8 Å². The van der Waals surface area contributed by atoms with Crippen molar-refractivity contribution in [1.82, 2.24) is 5.32 Å². The van der Waals surface area contributed by atoms with Crippen molar-refractivity contribution in [3.63, 3.8) is 0 Å². The predicted octanol–water partition coefficient (Wildman–Crippen LogP) is 3.06. The molecule has 0 aliphatic carbocycles. The molecule has 1 amide bonds. The van der Waals surface area contributed by atoms with Crippen molar-refractivity contribution in [2.45, 2.75) is 46.6 Å². The zero-order chi connectivity index (χ0) is 15.3. The molecule has 1 atom stereocenters. The van der Waals surface area contributed by atoms with Crippen LogP contribution < -0.4 is 5.32 Å². The van der Waals surface area contributed by atoms with Crippen LogP contribution in [0.25, 0.3) is 0 Å². The first-order valence-corrected chi connectivity index (χ1v) is 6.77. The van der Waals surface area contributed by atoms with Gasteiger partial charge in [-0.1, -0.05) is 43.7 Å². The lowest BCUT2D eigenvalue weighted by Crippen LogP contribution is -2.31. The summed E-state index contributed by atoms with van der Waals surface area (Å²) in [7, 11) is 0. The number of carbonyl (C=O) groups excluding carboxylic acids is 1. The molecule has 0 bridgehead atoms. The van der Waals surface area contributed by atoms with E-state index in [0.717, 1.165) is 5.56 Å².